The molecule has 1 aliphatic carbocycles. The fourth-order valence-electron chi connectivity index (χ4n) is 3.16. The average Bonchev–Trinajstić information content (AvgIpc) is 3.05. The van der Waals surface area contributed by atoms with Gasteiger partial charge in [-0.05, 0) is 43.4 Å². The maximum Gasteiger partial charge on any atom is 0.178 e. The number of thioether (sulfide) groups is 1. The van der Waals surface area contributed by atoms with Gasteiger partial charge in [-0.1, -0.05) is 18.9 Å². The molecule has 2 aromatic rings. The number of aromatic nitrogens is 2. The lowest BCUT2D eigenvalue weighted by atomic mass is 10.1. The Bertz CT molecular complexity index is 730. The summed E-state index contributed by atoms with van der Waals surface area (Å²) in [5.74, 6) is 0. The van der Waals surface area contributed by atoms with Crippen LogP contribution in [0.2, 0.25) is 0 Å². The second-order valence-corrected chi connectivity index (χ2v) is 7.08. The minimum absolute atomic E-state index is 0.302. The van der Waals surface area contributed by atoms with Gasteiger partial charge in [-0.3, -0.25) is 0 Å². The first kappa shape index (κ1) is 13.7. The lowest BCUT2D eigenvalue weighted by Crippen LogP contribution is -2.26. The summed E-state index contributed by atoms with van der Waals surface area (Å²) >= 11 is 7.44. The van der Waals surface area contributed by atoms with Gasteiger partial charge < -0.3 is 9.55 Å². The summed E-state index contributed by atoms with van der Waals surface area (Å²) in [5.41, 5.74) is 2.58. The number of benzene rings is 1. The number of aromatic amines is 1. The van der Waals surface area contributed by atoms with Crippen LogP contribution in [0.15, 0.2) is 18.2 Å². The number of imidazole rings is 1. The molecule has 0 aliphatic heterocycles. The molecule has 0 amide bonds. The van der Waals surface area contributed by atoms with E-state index in [0.29, 0.717) is 10.3 Å². The Morgan fingerprint density at radius 3 is 2.85 bits per heavy atom. The lowest BCUT2D eigenvalue weighted by Gasteiger charge is -2.27. The SMILES string of the molecule is CSC1(Cn2c(=S)[nH]c3c(C#N)cccc32)CCCC1. The zero-order valence-corrected chi connectivity index (χ0v) is 13.1. The number of nitrogens with zero attached hydrogens (tertiary/aromatic N) is 2. The number of rotatable bonds is 3. The minimum Gasteiger partial charge on any atom is -0.329 e. The maximum atomic E-state index is 9.20. The molecular formula is C15H17N3S2. The van der Waals surface area contributed by atoms with E-state index in [0.717, 1.165) is 22.3 Å². The molecule has 0 radical (unpaired) electrons. The van der Waals surface area contributed by atoms with Crippen molar-refractivity contribution in [2.75, 3.05) is 6.26 Å². The molecule has 1 aromatic carbocycles. The lowest BCUT2D eigenvalue weighted by molar-refractivity contribution is 0.510. The molecule has 1 heterocycles. The van der Waals surface area contributed by atoms with Crippen molar-refractivity contribution >= 4 is 35.0 Å². The van der Waals surface area contributed by atoms with Crippen LogP contribution >= 0.6 is 24.0 Å². The summed E-state index contributed by atoms with van der Waals surface area (Å²) in [4.78, 5) is 3.21. The van der Waals surface area contributed by atoms with Gasteiger partial charge in [-0.2, -0.15) is 17.0 Å². The highest BCUT2D eigenvalue weighted by Crippen LogP contribution is 2.42. The predicted molar refractivity (Wildman–Crippen MR) is 86.6 cm³/mol. The highest BCUT2D eigenvalue weighted by molar-refractivity contribution is 8.00. The third-order valence-electron chi connectivity index (χ3n) is 4.32. The Morgan fingerprint density at radius 2 is 2.20 bits per heavy atom. The molecule has 3 nitrogen and oxygen atoms in total. The van der Waals surface area contributed by atoms with Gasteiger partial charge in [-0.15, -0.1) is 0 Å². The van der Waals surface area contributed by atoms with Crippen LogP contribution in [-0.2, 0) is 6.54 Å². The van der Waals surface area contributed by atoms with E-state index in [1.165, 1.54) is 25.7 Å². The van der Waals surface area contributed by atoms with E-state index < -0.39 is 0 Å². The first-order chi connectivity index (χ1) is 9.69. The van der Waals surface area contributed by atoms with Crippen LogP contribution in [0.4, 0.5) is 0 Å². The van der Waals surface area contributed by atoms with E-state index in [9.17, 15) is 5.26 Å². The summed E-state index contributed by atoms with van der Waals surface area (Å²) in [7, 11) is 0. The molecule has 0 saturated heterocycles. The van der Waals surface area contributed by atoms with Crippen LogP contribution in [0.5, 0.6) is 0 Å². The van der Waals surface area contributed by atoms with Crippen LogP contribution in [0, 0.1) is 16.1 Å². The van der Waals surface area contributed by atoms with Crippen molar-refractivity contribution in [3.63, 3.8) is 0 Å². The van der Waals surface area contributed by atoms with Crippen molar-refractivity contribution in [1.29, 1.82) is 5.26 Å². The topological polar surface area (TPSA) is 44.5 Å². The van der Waals surface area contributed by atoms with E-state index in [1.54, 1.807) is 0 Å². The number of hydrogen-bond acceptors (Lipinski definition) is 3. The standard InChI is InChI=1S/C15H17N3S2/c1-20-15(7-2-3-8-15)10-18-12-6-4-5-11(9-16)13(12)17-14(18)19/h4-6H,2-3,7-8,10H2,1H3,(H,17,19). The van der Waals surface area contributed by atoms with Gasteiger partial charge in [0.05, 0.1) is 16.6 Å². The van der Waals surface area contributed by atoms with Gasteiger partial charge in [0.2, 0.25) is 0 Å². The minimum atomic E-state index is 0.302. The number of nitrogens with one attached hydrogen (secondary N) is 1. The summed E-state index contributed by atoms with van der Waals surface area (Å²) in [6.45, 7) is 0.932. The summed E-state index contributed by atoms with van der Waals surface area (Å²) in [6, 6.07) is 8.04. The first-order valence-corrected chi connectivity index (χ1v) is 8.49. The monoisotopic (exact) mass is 303 g/mol. The number of H-pyrrole nitrogens is 1. The van der Waals surface area contributed by atoms with Gasteiger partial charge in [0.15, 0.2) is 4.77 Å². The Hall–Kier alpha value is -1.25. The molecule has 0 unspecified atom stereocenters. The van der Waals surface area contributed by atoms with Gasteiger partial charge in [0, 0.05) is 11.3 Å². The smallest absolute Gasteiger partial charge is 0.178 e. The maximum absolute atomic E-state index is 9.20. The van der Waals surface area contributed by atoms with Gasteiger partial charge in [-0.25, -0.2) is 0 Å². The van der Waals surface area contributed by atoms with E-state index >= 15 is 0 Å². The van der Waals surface area contributed by atoms with Gasteiger partial charge >= 0.3 is 0 Å². The van der Waals surface area contributed by atoms with Gasteiger partial charge in [0.1, 0.15) is 6.07 Å². The fourth-order valence-corrected chi connectivity index (χ4v) is 4.38. The van der Waals surface area contributed by atoms with Crippen molar-refractivity contribution in [3.05, 3.63) is 28.5 Å². The van der Waals surface area contributed by atoms with E-state index in [2.05, 4.69) is 21.9 Å². The second kappa shape index (κ2) is 5.27. The predicted octanol–water partition coefficient (Wildman–Crippen LogP) is 4.25. The van der Waals surface area contributed by atoms with Crippen LogP contribution in [0.3, 0.4) is 0 Å². The number of nitriles is 1. The molecule has 20 heavy (non-hydrogen) atoms. The Labute approximate surface area is 128 Å². The number of hydrogen-bond donors (Lipinski definition) is 1. The molecule has 1 aromatic heterocycles. The average molecular weight is 303 g/mol. The third-order valence-corrected chi connectivity index (χ3v) is 6.05. The van der Waals surface area contributed by atoms with E-state index in [4.69, 9.17) is 12.2 Å². The quantitative estimate of drug-likeness (QED) is 0.862. The van der Waals surface area contributed by atoms with Crippen LogP contribution in [0.25, 0.3) is 11.0 Å². The zero-order valence-electron chi connectivity index (χ0n) is 11.5. The van der Waals surface area contributed by atoms with Crippen molar-refractivity contribution in [2.45, 2.75) is 37.0 Å². The van der Waals surface area contributed by atoms with E-state index in [-0.39, 0.29) is 0 Å². The summed E-state index contributed by atoms with van der Waals surface area (Å²) < 4.78 is 3.20. The highest BCUT2D eigenvalue weighted by atomic mass is 32.2. The molecule has 1 aliphatic rings. The molecule has 1 saturated carbocycles. The molecule has 0 bridgehead atoms. The molecular weight excluding hydrogens is 286 g/mol. The number of para-hydroxylation sites is 1. The Morgan fingerprint density at radius 1 is 1.45 bits per heavy atom. The zero-order chi connectivity index (χ0) is 14.2. The second-order valence-electron chi connectivity index (χ2n) is 5.42. The fraction of sp³-hybridized carbons (Fsp3) is 0.467. The van der Waals surface area contributed by atoms with Crippen molar-refractivity contribution in [2.24, 2.45) is 0 Å². The van der Waals surface area contributed by atoms with Crippen molar-refractivity contribution in [3.8, 4) is 6.07 Å². The molecule has 1 N–H and O–H groups in total. The van der Waals surface area contributed by atoms with E-state index in [1.807, 2.05) is 30.0 Å². The van der Waals surface area contributed by atoms with Crippen LogP contribution < -0.4 is 0 Å². The third kappa shape index (κ3) is 2.17. The summed E-state index contributed by atoms with van der Waals surface area (Å²) in [6.07, 6.45) is 7.31. The van der Waals surface area contributed by atoms with Crippen molar-refractivity contribution < 1.29 is 0 Å². The largest absolute Gasteiger partial charge is 0.329 e. The molecule has 3 rings (SSSR count). The van der Waals surface area contributed by atoms with Gasteiger partial charge in [0.25, 0.3) is 0 Å². The first-order valence-electron chi connectivity index (χ1n) is 6.86. The molecule has 0 spiro atoms. The Kier molecular flexibility index (Phi) is 3.61. The van der Waals surface area contributed by atoms with Crippen LogP contribution in [-0.4, -0.2) is 20.6 Å². The summed E-state index contributed by atoms with van der Waals surface area (Å²) in [5, 5.41) is 9.20. The molecule has 104 valence electrons. The molecule has 5 heteroatoms. The molecule has 1 fully saturated rings. The Balaban J connectivity index is 2.11. The number of fused-ring (bicyclic) bond motifs is 1. The van der Waals surface area contributed by atoms with Crippen LogP contribution in [0.1, 0.15) is 31.2 Å². The van der Waals surface area contributed by atoms with Crippen molar-refractivity contribution in [1.82, 2.24) is 9.55 Å². The normalized spacial score (nSPS) is 17.4. The highest BCUT2D eigenvalue weighted by Gasteiger charge is 2.34. The molecule has 0 atom stereocenters.